The second kappa shape index (κ2) is 7.33. The van der Waals surface area contributed by atoms with Crippen LogP contribution in [0.1, 0.15) is 52.3 Å². The summed E-state index contributed by atoms with van der Waals surface area (Å²) in [5, 5.41) is 4.25. The lowest BCUT2D eigenvalue weighted by atomic mass is 9.89. The second-order valence-electron chi connectivity index (χ2n) is 6.47. The van der Waals surface area contributed by atoms with Crippen molar-refractivity contribution in [3.63, 3.8) is 0 Å². The highest BCUT2D eigenvalue weighted by molar-refractivity contribution is 5.00. The van der Waals surface area contributed by atoms with Crippen LogP contribution in [0.15, 0.2) is 6.33 Å². The number of likely N-dealkylation sites (tertiary alicyclic amines) is 1. The van der Waals surface area contributed by atoms with Gasteiger partial charge < -0.3 is 0 Å². The zero-order valence-electron chi connectivity index (χ0n) is 13.7. The molecule has 3 N–H and O–H groups in total. The van der Waals surface area contributed by atoms with Gasteiger partial charge in [0.05, 0.1) is 0 Å². The Morgan fingerprint density at radius 3 is 2.52 bits per heavy atom. The summed E-state index contributed by atoms with van der Waals surface area (Å²) < 4.78 is 1.95. The molecule has 1 saturated heterocycles. The van der Waals surface area contributed by atoms with Crippen LogP contribution in [-0.2, 0) is 13.0 Å². The van der Waals surface area contributed by atoms with E-state index in [0.29, 0.717) is 0 Å². The van der Waals surface area contributed by atoms with Crippen molar-refractivity contribution >= 4 is 0 Å². The van der Waals surface area contributed by atoms with Gasteiger partial charge in [-0.25, -0.2) is 4.98 Å². The topological polar surface area (TPSA) is 72.0 Å². The van der Waals surface area contributed by atoms with Crippen molar-refractivity contribution in [2.24, 2.45) is 5.84 Å². The van der Waals surface area contributed by atoms with Crippen LogP contribution in [-0.4, -0.2) is 44.3 Å². The number of rotatable bonds is 6. The molecule has 0 radical (unpaired) electrons. The van der Waals surface area contributed by atoms with Gasteiger partial charge in [-0.2, -0.15) is 5.10 Å². The molecule has 0 amide bonds. The third kappa shape index (κ3) is 3.81. The average molecular weight is 294 g/mol. The SMILES string of the molecule is CCn1ncnc1CC(NN)C(C)(C)N1CCCCCC1. The lowest BCUT2D eigenvalue weighted by Gasteiger charge is -2.43. The Hall–Kier alpha value is -0.980. The number of nitrogens with two attached hydrogens (primary N) is 1. The van der Waals surface area contributed by atoms with Crippen molar-refractivity contribution in [1.82, 2.24) is 25.1 Å². The fraction of sp³-hybridized carbons (Fsp3) is 0.867. The molecule has 0 bridgehead atoms. The summed E-state index contributed by atoms with van der Waals surface area (Å²) in [5.74, 6) is 6.88. The summed E-state index contributed by atoms with van der Waals surface area (Å²) >= 11 is 0. The van der Waals surface area contributed by atoms with Crippen molar-refractivity contribution in [2.45, 2.75) is 71.0 Å². The van der Waals surface area contributed by atoms with Crippen LogP contribution in [0.5, 0.6) is 0 Å². The maximum absolute atomic E-state index is 5.88. The molecule has 120 valence electrons. The Kier molecular flexibility index (Phi) is 5.72. The smallest absolute Gasteiger partial charge is 0.138 e. The van der Waals surface area contributed by atoms with E-state index in [0.717, 1.165) is 31.9 Å². The number of hydrogen-bond acceptors (Lipinski definition) is 5. The van der Waals surface area contributed by atoms with Crippen molar-refractivity contribution in [3.05, 3.63) is 12.2 Å². The van der Waals surface area contributed by atoms with Crippen LogP contribution in [0.2, 0.25) is 0 Å². The van der Waals surface area contributed by atoms with Crippen LogP contribution in [0, 0.1) is 0 Å². The van der Waals surface area contributed by atoms with Gasteiger partial charge in [0, 0.05) is 24.5 Å². The maximum atomic E-state index is 5.88. The van der Waals surface area contributed by atoms with E-state index in [4.69, 9.17) is 5.84 Å². The number of nitrogens with zero attached hydrogens (tertiary/aromatic N) is 4. The highest BCUT2D eigenvalue weighted by Gasteiger charge is 2.35. The normalized spacial score (nSPS) is 19.4. The first-order chi connectivity index (χ1) is 10.1. The van der Waals surface area contributed by atoms with E-state index < -0.39 is 0 Å². The van der Waals surface area contributed by atoms with Crippen LogP contribution >= 0.6 is 0 Å². The van der Waals surface area contributed by atoms with Crippen LogP contribution in [0.3, 0.4) is 0 Å². The highest BCUT2D eigenvalue weighted by Crippen LogP contribution is 2.25. The molecule has 2 rings (SSSR count). The van der Waals surface area contributed by atoms with Crippen molar-refractivity contribution < 1.29 is 0 Å². The number of hydrogen-bond donors (Lipinski definition) is 2. The summed E-state index contributed by atoms with van der Waals surface area (Å²) in [5.41, 5.74) is 3.03. The van der Waals surface area contributed by atoms with Crippen LogP contribution in [0.25, 0.3) is 0 Å². The Morgan fingerprint density at radius 2 is 1.95 bits per heavy atom. The van der Waals surface area contributed by atoms with Gasteiger partial charge in [0.2, 0.25) is 0 Å². The van der Waals surface area contributed by atoms with Gasteiger partial charge in [0.25, 0.3) is 0 Å². The number of aromatic nitrogens is 3. The first kappa shape index (κ1) is 16.4. The molecule has 0 aliphatic carbocycles. The van der Waals surface area contributed by atoms with E-state index in [-0.39, 0.29) is 11.6 Å². The molecule has 21 heavy (non-hydrogen) atoms. The molecule has 2 heterocycles. The fourth-order valence-electron chi connectivity index (χ4n) is 3.27. The molecule has 1 unspecified atom stereocenters. The molecule has 1 fully saturated rings. The Balaban J connectivity index is 2.10. The van der Waals surface area contributed by atoms with E-state index in [1.807, 2.05) is 4.68 Å². The first-order valence-electron chi connectivity index (χ1n) is 8.17. The van der Waals surface area contributed by atoms with E-state index in [2.05, 4.69) is 41.2 Å². The first-order valence-corrected chi connectivity index (χ1v) is 8.17. The Labute approximate surface area is 128 Å². The average Bonchev–Trinajstić information content (AvgIpc) is 2.73. The van der Waals surface area contributed by atoms with Crippen LogP contribution < -0.4 is 11.3 Å². The van der Waals surface area contributed by atoms with Gasteiger partial charge in [-0.1, -0.05) is 12.8 Å². The van der Waals surface area contributed by atoms with Gasteiger partial charge >= 0.3 is 0 Å². The minimum absolute atomic E-state index is 0.00358. The number of hydrazine groups is 1. The molecule has 1 aromatic rings. The van der Waals surface area contributed by atoms with Gasteiger partial charge in [-0.15, -0.1) is 0 Å². The van der Waals surface area contributed by atoms with Crippen molar-refractivity contribution in [1.29, 1.82) is 0 Å². The molecule has 1 atom stereocenters. The lowest BCUT2D eigenvalue weighted by molar-refractivity contribution is 0.0823. The molecule has 1 aromatic heterocycles. The quantitative estimate of drug-likeness (QED) is 0.612. The number of nitrogens with one attached hydrogen (secondary N) is 1. The van der Waals surface area contributed by atoms with Gasteiger partial charge in [-0.3, -0.25) is 20.9 Å². The molecule has 6 nitrogen and oxygen atoms in total. The molecule has 1 aliphatic rings. The monoisotopic (exact) mass is 294 g/mol. The zero-order valence-corrected chi connectivity index (χ0v) is 13.7. The largest absolute Gasteiger partial charge is 0.297 e. The third-order valence-electron chi connectivity index (χ3n) is 4.86. The molecule has 0 aromatic carbocycles. The van der Waals surface area contributed by atoms with Gasteiger partial charge in [0.15, 0.2) is 0 Å². The molecular formula is C15H30N6. The van der Waals surface area contributed by atoms with E-state index in [1.54, 1.807) is 6.33 Å². The fourth-order valence-corrected chi connectivity index (χ4v) is 3.27. The van der Waals surface area contributed by atoms with Gasteiger partial charge in [-0.05, 0) is 46.7 Å². The highest BCUT2D eigenvalue weighted by atomic mass is 15.3. The van der Waals surface area contributed by atoms with E-state index >= 15 is 0 Å². The van der Waals surface area contributed by atoms with Gasteiger partial charge in [0.1, 0.15) is 12.2 Å². The number of aryl methyl sites for hydroxylation is 1. The predicted molar refractivity (Wildman–Crippen MR) is 84.6 cm³/mol. The van der Waals surface area contributed by atoms with E-state index in [1.165, 1.54) is 25.7 Å². The third-order valence-corrected chi connectivity index (χ3v) is 4.86. The van der Waals surface area contributed by atoms with E-state index in [9.17, 15) is 0 Å². The Morgan fingerprint density at radius 1 is 1.29 bits per heavy atom. The molecule has 0 spiro atoms. The van der Waals surface area contributed by atoms with Crippen LogP contribution in [0.4, 0.5) is 0 Å². The Bertz CT molecular complexity index is 420. The summed E-state index contributed by atoms with van der Waals surface area (Å²) in [6.45, 7) is 9.82. The summed E-state index contributed by atoms with van der Waals surface area (Å²) in [6, 6.07) is 0.157. The molecular weight excluding hydrogens is 264 g/mol. The lowest BCUT2D eigenvalue weighted by Crippen LogP contribution is -2.60. The molecule has 1 aliphatic heterocycles. The summed E-state index contributed by atoms with van der Waals surface area (Å²) in [6.07, 6.45) is 7.69. The molecule has 0 saturated carbocycles. The second-order valence-corrected chi connectivity index (χ2v) is 6.47. The maximum Gasteiger partial charge on any atom is 0.138 e. The summed E-state index contributed by atoms with van der Waals surface area (Å²) in [4.78, 5) is 6.97. The standard InChI is InChI=1S/C15H30N6/c1-4-21-14(17-12-18-21)11-13(19-16)15(2,3)20-9-7-5-6-8-10-20/h12-13,19H,4-11,16H2,1-3H3. The minimum Gasteiger partial charge on any atom is -0.297 e. The molecule has 6 heteroatoms. The van der Waals surface area contributed by atoms with Crippen molar-refractivity contribution in [3.8, 4) is 0 Å². The minimum atomic E-state index is 0.00358. The predicted octanol–water partition coefficient (Wildman–Crippen LogP) is 1.33. The van der Waals surface area contributed by atoms with Crippen molar-refractivity contribution in [2.75, 3.05) is 13.1 Å². The zero-order chi connectivity index (χ0) is 15.3. The summed E-state index contributed by atoms with van der Waals surface area (Å²) in [7, 11) is 0.